The Morgan fingerprint density at radius 2 is 1.83 bits per heavy atom. The number of allylic oxidation sites excluding steroid dienone is 3. The van der Waals surface area contributed by atoms with Crippen molar-refractivity contribution in [1.29, 1.82) is 0 Å². The summed E-state index contributed by atoms with van der Waals surface area (Å²) in [5.74, 6) is 0. The summed E-state index contributed by atoms with van der Waals surface area (Å²) >= 11 is 0. The summed E-state index contributed by atoms with van der Waals surface area (Å²) in [4.78, 5) is 0. The minimum absolute atomic E-state index is 0.0214. The standard InChI is InChI=1S/C13H21NO3S/c14-18(15,16)13-12(9-5-6-10-17-13)11-7-3-1-2-4-8-11/h7H,1-6,8-10H2,(H2,14,15,16). The lowest BCUT2D eigenvalue weighted by Crippen LogP contribution is -2.19. The summed E-state index contributed by atoms with van der Waals surface area (Å²) < 4.78 is 28.7. The summed E-state index contributed by atoms with van der Waals surface area (Å²) in [5, 5.41) is 5.30. The molecule has 2 rings (SSSR count). The SMILES string of the molecule is NS(=O)(=O)C1=C(C2=CCCCCC2)CCCCO1. The van der Waals surface area contributed by atoms with Crippen molar-refractivity contribution in [2.45, 2.75) is 51.4 Å². The Hall–Kier alpha value is -0.810. The van der Waals surface area contributed by atoms with E-state index in [9.17, 15) is 8.42 Å². The lowest BCUT2D eigenvalue weighted by Gasteiger charge is -2.13. The van der Waals surface area contributed by atoms with Gasteiger partial charge in [0, 0.05) is 5.57 Å². The molecule has 0 saturated carbocycles. The Labute approximate surface area is 109 Å². The van der Waals surface area contributed by atoms with E-state index >= 15 is 0 Å². The number of hydrogen-bond acceptors (Lipinski definition) is 3. The lowest BCUT2D eigenvalue weighted by molar-refractivity contribution is 0.233. The number of hydrogen-bond donors (Lipinski definition) is 1. The molecule has 18 heavy (non-hydrogen) atoms. The quantitative estimate of drug-likeness (QED) is 0.839. The second kappa shape index (κ2) is 5.89. The topological polar surface area (TPSA) is 69.4 Å². The van der Waals surface area contributed by atoms with Crippen LogP contribution in [0.2, 0.25) is 0 Å². The summed E-state index contributed by atoms with van der Waals surface area (Å²) in [5.41, 5.74) is 1.97. The van der Waals surface area contributed by atoms with Gasteiger partial charge < -0.3 is 4.74 Å². The predicted octanol–water partition coefficient (Wildman–Crippen LogP) is 2.58. The van der Waals surface area contributed by atoms with E-state index in [1.54, 1.807) is 0 Å². The molecule has 0 aromatic carbocycles. The lowest BCUT2D eigenvalue weighted by atomic mass is 9.98. The molecule has 0 aromatic rings. The second-order valence-electron chi connectivity index (χ2n) is 4.95. The van der Waals surface area contributed by atoms with E-state index in [1.165, 1.54) is 12.8 Å². The van der Waals surface area contributed by atoms with Crippen molar-refractivity contribution in [3.05, 3.63) is 22.3 Å². The van der Waals surface area contributed by atoms with E-state index in [1.807, 2.05) is 0 Å². The van der Waals surface area contributed by atoms with Gasteiger partial charge in [-0.05, 0) is 50.5 Å². The van der Waals surface area contributed by atoms with Gasteiger partial charge in [-0.25, -0.2) is 13.6 Å². The molecule has 2 aliphatic rings. The van der Waals surface area contributed by atoms with Crippen LogP contribution in [0.25, 0.3) is 0 Å². The highest BCUT2D eigenvalue weighted by molar-refractivity contribution is 7.92. The van der Waals surface area contributed by atoms with Crippen molar-refractivity contribution in [2.75, 3.05) is 6.61 Å². The van der Waals surface area contributed by atoms with Crippen LogP contribution in [0.3, 0.4) is 0 Å². The number of nitrogens with two attached hydrogens (primary N) is 1. The number of sulfonamides is 1. The fraction of sp³-hybridized carbons (Fsp3) is 0.692. The van der Waals surface area contributed by atoms with E-state index in [-0.39, 0.29) is 5.09 Å². The molecule has 0 spiro atoms. The van der Waals surface area contributed by atoms with Gasteiger partial charge in [-0.15, -0.1) is 0 Å². The molecular weight excluding hydrogens is 250 g/mol. The summed E-state index contributed by atoms with van der Waals surface area (Å²) in [7, 11) is -3.74. The van der Waals surface area contributed by atoms with Crippen molar-refractivity contribution in [3.8, 4) is 0 Å². The Balaban J connectivity index is 2.39. The molecule has 0 fully saturated rings. The maximum Gasteiger partial charge on any atom is 0.271 e. The molecule has 1 aliphatic carbocycles. The minimum atomic E-state index is -3.74. The fourth-order valence-electron chi connectivity index (χ4n) is 2.59. The van der Waals surface area contributed by atoms with Crippen molar-refractivity contribution >= 4 is 10.0 Å². The number of primary sulfonamides is 1. The normalized spacial score (nSPS) is 22.8. The average molecular weight is 271 g/mol. The minimum Gasteiger partial charge on any atom is -0.482 e. The van der Waals surface area contributed by atoms with Gasteiger partial charge in [-0.3, -0.25) is 0 Å². The molecular formula is C13H21NO3S. The molecule has 5 heteroatoms. The molecule has 0 atom stereocenters. The third kappa shape index (κ3) is 3.36. The third-order valence-corrected chi connectivity index (χ3v) is 4.37. The van der Waals surface area contributed by atoms with E-state index in [2.05, 4.69) is 6.08 Å². The Bertz CT molecular complexity index is 463. The third-order valence-electron chi connectivity index (χ3n) is 3.49. The van der Waals surface area contributed by atoms with Crippen molar-refractivity contribution in [2.24, 2.45) is 5.14 Å². The molecule has 2 N–H and O–H groups in total. The smallest absolute Gasteiger partial charge is 0.271 e. The fourth-order valence-corrected chi connectivity index (χ4v) is 3.42. The van der Waals surface area contributed by atoms with Crippen molar-refractivity contribution < 1.29 is 13.2 Å². The first-order valence-corrected chi connectivity index (χ1v) is 8.22. The van der Waals surface area contributed by atoms with Crippen molar-refractivity contribution in [1.82, 2.24) is 0 Å². The van der Waals surface area contributed by atoms with Gasteiger partial charge >= 0.3 is 0 Å². The van der Waals surface area contributed by atoms with Gasteiger partial charge in [0.25, 0.3) is 10.0 Å². The van der Waals surface area contributed by atoms with Crippen molar-refractivity contribution in [3.63, 3.8) is 0 Å². The zero-order valence-electron chi connectivity index (χ0n) is 10.7. The molecule has 1 aliphatic heterocycles. The van der Waals surface area contributed by atoms with E-state index in [0.717, 1.165) is 49.7 Å². The van der Waals surface area contributed by atoms with Crippen LogP contribution < -0.4 is 5.14 Å². The van der Waals surface area contributed by atoms with Gasteiger partial charge in [0.05, 0.1) is 6.61 Å². The zero-order valence-corrected chi connectivity index (χ0v) is 11.5. The van der Waals surface area contributed by atoms with Crippen LogP contribution in [-0.4, -0.2) is 15.0 Å². The van der Waals surface area contributed by atoms with E-state index in [4.69, 9.17) is 9.88 Å². The number of ether oxygens (including phenoxy) is 1. The maximum absolute atomic E-state index is 11.6. The molecule has 0 bridgehead atoms. The molecule has 1 heterocycles. The molecule has 102 valence electrons. The molecule has 0 unspecified atom stereocenters. The molecule has 0 amide bonds. The van der Waals surface area contributed by atoms with Gasteiger partial charge in [0.2, 0.25) is 5.09 Å². The highest BCUT2D eigenvalue weighted by Gasteiger charge is 2.24. The largest absolute Gasteiger partial charge is 0.482 e. The number of rotatable bonds is 2. The summed E-state index contributed by atoms with van der Waals surface area (Å²) in [6, 6.07) is 0. The van der Waals surface area contributed by atoms with Crippen LogP contribution >= 0.6 is 0 Å². The summed E-state index contributed by atoms with van der Waals surface area (Å²) in [6.45, 7) is 0.447. The van der Waals surface area contributed by atoms with Crippen LogP contribution in [0.5, 0.6) is 0 Å². The first kappa shape index (κ1) is 13.6. The average Bonchev–Trinajstić information content (AvgIpc) is 2.70. The molecule has 4 nitrogen and oxygen atoms in total. The Morgan fingerprint density at radius 3 is 2.61 bits per heavy atom. The highest BCUT2D eigenvalue weighted by atomic mass is 32.2. The maximum atomic E-state index is 11.6. The monoisotopic (exact) mass is 271 g/mol. The predicted molar refractivity (Wildman–Crippen MR) is 71.1 cm³/mol. The van der Waals surface area contributed by atoms with Crippen LogP contribution in [-0.2, 0) is 14.8 Å². The second-order valence-corrected chi connectivity index (χ2v) is 6.41. The van der Waals surface area contributed by atoms with E-state index < -0.39 is 10.0 Å². The first-order valence-electron chi connectivity index (χ1n) is 6.67. The van der Waals surface area contributed by atoms with Crippen LogP contribution in [0.15, 0.2) is 22.3 Å². The molecule has 0 saturated heterocycles. The molecule has 0 radical (unpaired) electrons. The van der Waals surface area contributed by atoms with Crippen LogP contribution in [0.1, 0.15) is 51.4 Å². The van der Waals surface area contributed by atoms with Gasteiger partial charge in [-0.2, -0.15) is 0 Å². The van der Waals surface area contributed by atoms with Gasteiger partial charge in [-0.1, -0.05) is 12.5 Å². The first-order chi connectivity index (χ1) is 8.59. The van der Waals surface area contributed by atoms with Crippen LogP contribution in [0, 0.1) is 0 Å². The van der Waals surface area contributed by atoms with Crippen LogP contribution in [0.4, 0.5) is 0 Å². The highest BCUT2D eigenvalue weighted by Crippen LogP contribution is 2.32. The van der Waals surface area contributed by atoms with Gasteiger partial charge in [0.15, 0.2) is 0 Å². The summed E-state index contributed by atoms with van der Waals surface area (Å²) in [6.07, 6.45) is 10.3. The molecule has 0 aromatic heterocycles. The zero-order chi connectivity index (χ0) is 13.0. The Kier molecular flexibility index (Phi) is 4.45. The van der Waals surface area contributed by atoms with E-state index in [0.29, 0.717) is 6.61 Å². The van der Waals surface area contributed by atoms with Gasteiger partial charge in [0.1, 0.15) is 0 Å². The Morgan fingerprint density at radius 1 is 1.06 bits per heavy atom.